The van der Waals surface area contributed by atoms with Crippen molar-refractivity contribution >= 4 is 29.2 Å². The molecule has 1 heterocycles. The number of carbonyl (C=O) groups is 3. The van der Waals surface area contributed by atoms with Gasteiger partial charge in [0.15, 0.2) is 5.75 Å². The van der Waals surface area contributed by atoms with Crippen LogP contribution in [0.5, 0.6) is 5.75 Å². The van der Waals surface area contributed by atoms with Crippen molar-refractivity contribution in [2.24, 2.45) is 0 Å². The lowest BCUT2D eigenvalue weighted by molar-refractivity contribution is -0.115. The molecule has 7 nitrogen and oxygen atoms in total. The topological polar surface area (TPSA) is 105 Å². The summed E-state index contributed by atoms with van der Waals surface area (Å²) in [5, 5.41) is 15.3. The molecule has 3 N–H and O–H groups in total. The Hall–Kier alpha value is -3.35. The molecule has 0 atom stereocenters. The zero-order valence-corrected chi connectivity index (χ0v) is 12.8. The Morgan fingerprint density at radius 3 is 2.79 bits per heavy atom. The average molecular weight is 326 g/mol. The summed E-state index contributed by atoms with van der Waals surface area (Å²) in [6, 6.07) is 9.22. The Kier molecular flexibility index (Phi) is 3.91. The van der Waals surface area contributed by atoms with Crippen molar-refractivity contribution < 1.29 is 24.2 Å². The van der Waals surface area contributed by atoms with Crippen LogP contribution in [0.25, 0.3) is 0 Å². The molecule has 0 unspecified atom stereocenters. The van der Waals surface area contributed by atoms with E-state index in [1.54, 1.807) is 18.2 Å². The molecule has 7 heteroatoms. The minimum absolute atomic E-state index is 0.0425. The van der Waals surface area contributed by atoms with Gasteiger partial charge in [0.2, 0.25) is 5.91 Å². The summed E-state index contributed by atoms with van der Waals surface area (Å²) in [6.45, 7) is 0. The van der Waals surface area contributed by atoms with Crippen LogP contribution in [-0.2, 0) is 16.0 Å². The summed E-state index contributed by atoms with van der Waals surface area (Å²) in [5.41, 5.74) is 1.82. The van der Waals surface area contributed by atoms with E-state index in [9.17, 15) is 19.5 Å². The number of para-hydroxylation sites is 1. The largest absolute Gasteiger partial charge is 0.505 e. The molecule has 122 valence electrons. The fourth-order valence-electron chi connectivity index (χ4n) is 2.48. The quantitative estimate of drug-likeness (QED) is 0.590. The molecular formula is C17H14N2O5. The first-order chi connectivity index (χ1) is 11.5. The SMILES string of the molecule is COC(=O)c1cccc(NC(=O)c2ccc3c(c2)CC(=O)N3)c1O. The minimum atomic E-state index is -0.703. The Balaban J connectivity index is 1.85. The van der Waals surface area contributed by atoms with E-state index in [0.29, 0.717) is 11.3 Å². The molecule has 2 aromatic carbocycles. The third-order valence-electron chi connectivity index (χ3n) is 3.68. The number of ether oxygens (including phenoxy) is 1. The Morgan fingerprint density at radius 2 is 2.04 bits per heavy atom. The van der Waals surface area contributed by atoms with Gasteiger partial charge in [-0.15, -0.1) is 0 Å². The highest BCUT2D eigenvalue weighted by Crippen LogP contribution is 2.29. The molecule has 1 aliphatic heterocycles. The van der Waals surface area contributed by atoms with Crippen molar-refractivity contribution in [3.63, 3.8) is 0 Å². The highest BCUT2D eigenvalue weighted by atomic mass is 16.5. The van der Waals surface area contributed by atoms with Crippen molar-refractivity contribution in [2.75, 3.05) is 17.7 Å². The fraction of sp³-hybridized carbons (Fsp3) is 0.118. The minimum Gasteiger partial charge on any atom is -0.505 e. The maximum absolute atomic E-state index is 12.4. The molecule has 0 fully saturated rings. The van der Waals surface area contributed by atoms with Crippen LogP contribution in [-0.4, -0.2) is 30.0 Å². The van der Waals surface area contributed by atoms with Gasteiger partial charge in [-0.1, -0.05) is 6.07 Å². The summed E-state index contributed by atoms with van der Waals surface area (Å²) in [4.78, 5) is 35.3. The summed E-state index contributed by atoms with van der Waals surface area (Å²) in [5.74, 6) is -1.65. The number of phenols is 1. The highest BCUT2D eigenvalue weighted by Gasteiger charge is 2.20. The van der Waals surface area contributed by atoms with Crippen LogP contribution in [0.3, 0.4) is 0 Å². The molecule has 2 amide bonds. The van der Waals surface area contributed by atoms with Crippen LogP contribution in [0.4, 0.5) is 11.4 Å². The van der Waals surface area contributed by atoms with Crippen LogP contribution in [0, 0.1) is 0 Å². The molecule has 0 saturated carbocycles. The number of hydrogen-bond acceptors (Lipinski definition) is 5. The first-order valence-corrected chi connectivity index (χ1v) is 7.14. The van der Waals surface area contributed by atoms with Crippen LogP contribution in [0.2, 0.25) is 0 Å². The Bertz CT molecular complexity index is 860. The number of hydrogen-bond donors (Lipinski definition) is 3. The number of esters is 1. The second-order valence-corrected chi connectivity index (χ2v) is 5.24. The van der Waals surface area contributed by atoms with E-state index in [4.69, 9.17) is 0 Å². The summed E-state index contributed by atoms with van der Waals surface area (Å²) < 4.78 is 4.57. The van der Waals surface area contributed by atoms with Crippen molar-refractivity contribution in [1.29, 1.82) is 0 Å². The average Bonchev–Trinajstić information content (AvgIpc) is 2.95. The third-order valence-corrected chi connectivity index (χ3v) is 3.68. The second kappa shape index (κ2) is 6.04. The van der Waals surface area contributed by atoms with E-state index in [1.807, 2.05) is 0 Å². The van der Waals surface area contributed by atoms with E-state index < -0.39 is 11.9 Å². The maximum Gasteiger partial charge on any atom is 0.341 e. The maximum atomic E-state index is 12.4. The lowest BCUT2D eigenvalue weighted by Crippen LogP contribution is -2.13. The molecule has 3 rings (SSSR count). The van der Waals surface area contributed by atoms with Gasteiger partial charge in [0.1, 0.15) is 5.56 Å². The number of nitrogens with one attached hydrogen (secondary N) is 2. The van der Waals surface area contributed by atoms with Gasteiger partial charge in [-0.25, -0.2) is 4.79 Å². The Labute approximate surface area is 137 Å². The number of aromatic hydroxyl groups is 1. The molecule has 1 aliphatic rings. The van der Waals surface area contributed by atoms with Gasteiger partial charge in [0, 0.05) is 11.3 Å². The smallest absolute Gasteiger partial charge is 0.341 e. The molecule has 24 heavy (non-hydrogen) atoms. The highest BCUT2D eigenvalue weighted by molar-refractivity contribution is 6.08. The first kappa shape index (κ1) is 15.5. The monoisotopic (exact) mass is 326 g/mol. The standard InChI is InChI=1S/C17H14N2O5/c1-24-17(23)11-3-2-4-13(15(11)21)19-16(22)9-5-6-12-10(7-9)8-14(20)18-12/h2-7,21H,8H2,1H3,(H,18,20)(H,19,22). The molecule has 0 aliphatic carbocycles. The van der Waals surface area contributed by atoms with Gasteiger partial charge in [-0.05, 0) is 35.9 Å². The predicted octanol–water partition coefficient (Wildman–Crippen LogP) is 1.93. The van der Waals surface area contributed by atoms with Crippen LogP contribution < -0.4 is 10.6 Å². The molecule has 0 spiro atoms. The lowest BCUT2D eigenvalue weighted by atomic mass is 10.1. The zero-order valence-electron chi connectivity index (χ0n) is 12.8. The molecule has 0 radical (unpaired) electrons. The number of amides is 2. The number of methoxy groups -OCH3 is 1. The van der Waals surface area contributed by atoms with Crippen LogP contribution in [0.1, 0.15) is 26.3 Å². The fourth-order valence-corrected chi connectivity index (χ4v) is 2.48. The van der Waals surface area contributed by atoms with Gasteiger partial charge in [0.25, 0.3) is 5.91 Å². The predicted molar refractivity (Wildman–Crippen MR) is 86.2 cm³/mol. The molecular weight excluding hydrogens is 312 g/mol. The molecule has 0 saturated heterocycles. The van der Waals surface area contributed by atoms with Crippen molar-refractivity contribution in [3.8, 4) is 5.75 Å². The van der Waals surface area contributed by atoms with Gasteiger partial charge in [-0.3, -0.25) is 9.59 Å². The van der Waals surface area contributed by atoms with E-state index in [1.165, 1.54) is 25.3 Å². The number of rotatable bonds is 3. The van der Waals surface area contributed by atoms with E-state index in [-0.39, 0.29) is 29.3 Å². The molecule has 0 bridgehead atoms. The van der Waals surface area contributed by atoms with Gasteiger partial charge in [-0.2, -0.15) is 0 Å². The van der Waals surface area contributed by atoms with Gasteiger partial charge >= 0.3 is 5.97 Å². The summed E-state index contributed by atoms with van der Waals surface area (Å²) >= 11 is 0. The second-order valence-electron chi connectivity index (χ2n) is 5.24. The van der Waals surface area contributed by atoms with Crippen molar-refractivity contribution in [3.05, 3.63) is 53.1 Å². The molecule has 0 aromatic heterocycles. The summed E-state index contributed by atoms with van der Waals surface area (Å²) in [7, 11) is 1.20. The Morgan fingerprint density at radius 1 is 1.25 bits per heavy atom. The van der Waals surface area contributed by atoms with Crippen molar-refractivity contribution in [1.82, 2.24) is 0 Å². The zero-order chi connectivity index (χ0) is 17.3. The summed E-state index contributed by atoms with van der Waals surface area (Å²) in [6.07, 6.45) is 0.222. The third kappa shape index (κ3) is 2.79. The van der Waals surface area contributed by atoms with E-state index in [0.717, 1.165) is 5.56 Å². The number of benzene rings is 2. The van der Waals surface area contributed by atoms with Crippen LogP contribution in [0.15, 0.2) is 36.4 Å². The van der Waals surface area contributed by atoms with E-state index in [2.05, 4.69) is 15.4 Å². The van der Waals surface area contributed by atoms with Crippen molar-refractivity contribution in [2.45, 2.75) is 6.42 Å². The number of phenolic OH excluding ortho intramolecular Hbond substituents is 1. The first-order valence-electron chi connectivity index (χ1n) is 7.14. The van der Waals surface area contributed by atoms with Gasteiger partial charge in [0.05, 0.1) is 19.2 Å². The molecule has 2 aromatic rings. The van der Waals surface area contributed by atoms with Crippen LogP contribution >= 0.6 is 0 Å². The van der Waals surface area contributed by atoms with Gasteiger partial charge < -0.3 is 20.5 Å². The number of carbonyl (C=O) groups excluding carboxylic acids is 3. The number of anilines is 2. The normalized spacial score (nSPS) is 12.3. The van der Waals surface area contributed by atoms with E-state index >= 15 is 0 Å². The number of fused-ring (bicyclic) bond motifs is 1. The lowest BCUT2D eigenvalue weighted by Gasteiger charge is -2.10.